The second kappa shape index (κ2) is 7.16. The van der Waals surface area contributed by atoms with Crippen LogP contribution in [0.4, 0.5) is 0 Å². The lowest BCUT2D eigenvalue weighted by Gasteiger charge is -2.38. The third-order valence-corrected chi connectivity index (χ3v) is 4.75. The van der Waals surface area contributed by atoms with Crippen molar-refractivity contribution in [2.45, 2.75) is 83.7 Å². The first-order valence-corrected chi connectivity index (χ1v) is 8.00. The van der Waals surface area contributed by atoms with Crippen LogP contribution in [0.15, 0.2) is 0 Å². The average molecular weight is 252 g/mol. The van der Waals surface area contributed by atoms with Crippen LogP contribution in [-0.4, -0.2) is 12.1 Å². The monoisotopic (exact) mass is 252 g/mol. The minimum absolute atomic E-state index is 0.0326. The molecule has 0 radical (unpaired) electrons. The van der Waals surface area contributed by atoms with Crippen molar-refractivity contribution in [1.82, 2.24) is 0 Å². The Hall–Kier alpha value is -0.530. The molecule has 0 amide bonds. The van der Waals surface area contributed by atoms with Crippen LogP contribution in [0.5, 0.6) is 0 Å². The number of rotatable bonds is 4. The minimum Gasteiger partial charge on any atom is -0.462 e. The third-order valence-electron chi connectivity index (χ3n) is 4.75. The molecule has 0 unspecified atom stereocenters. The van der Waals surface area contributed by atoms with E-state index in [-0.39, 0.29) is 12.1 Å². The van der Waals surface area contributed by atoms with Crippen LogP contribution in [0, 0.1) is 11.8 Å². The molecule has 0 heterocycles. The molecule has 2 rings (SSSR count). The second-order valence-electron chi connectivity index (χ2n) is 6.12. The predicted molar refractivity (Wildman–Crippen MR) is 73.3 cm³/mol. The molecule has 0 bridgehead atoms. The first kappa shape index (κ1) is 13.9. The summed E-state index contributed by atoms with van der Waals surface area (Å²) >= 11 is 0. The van der Waals surface area contributed by atoms with Gasteiger partial charge in [-0.15, -0.1) is 0 Å². The Labute approximate surface area is 111 Å². The summed E-state index contributed by atoms with van der Waals surface area (Å²) in [5.41, 5.74) is 0. The molecule has 2 saturated carbocycles. The van der Waals surface area contributed by atoms with Gasteiger partial charge in [-0.3, -0.25) is 4.79 Å². The summed E-state index contributed by atoms with van der Waals surface area (Å²) in [6.07, 6.45) is 13.6. The van der Waals surface area contributed by atoms with E-state index in [1.54, 1.807) is 0 Å². The van der Waals surface area contributed by atoms with E-state index in [2.05, 4.69) is 0 Å². The van der Waals surface area contributed by atoms with E-state index in [0.717, 1.165) is 18.8 Å². The molecule has 2 atom stereocenters. The molecule has 2 nitrogen and oxygen atoms in total. The molecule has 0 aliphatic heterocycles. The summed E-state index contributed by atoms with van der Waals surface area (Å²) in [7, 11) is 0. The maximum absolute atomic E-state index is 11.7. The highest BCUT2D eigenvalue weighted by atomic mass is 16.5. The SMILES string of the molecule is CCCC(=O)O[C@H]1CCCC[C@H]1C1CCCCC1. The van der Waals surface area contributed by atoms with Crippen molar-refractivity contribution in [1.29, 1.82) is 0 Å². The molecular formula is C16H28O2. The minimum atomic E-state index is 0.0326. The molecule has 0 N–H and O–H groups in total. The zero-order valence-electron chi connectivity index (χ0n) is 11.8. The Morgan fingerprint density at radius 1 is 1.00 bits per heavy atom. The molecule has 0 aromatic carbocycles. The first-order valence-electron chi connectivity index (χ1n) is 8.00. The Kier molecular flexibility index (Phi) is 5.52. The lowest BCUT2D eigenvalue weighted by molar-refractivity contribution is -0.155. The van der Waals surface area contributed by atoms with E-state index in [1.807, 2.05) is 6.92 Å². The molecule has 0 spiro atoms. The van der Waals surface area contributed by atoms with Gasteiger partial charge < -0.3 is 4.74 Å². The molecule has 2 aliphatic rings. The molecular weight excluding hydrogens is 224 g/mol. The molecule has 0 aromatic heterocycles. The van der Waals surface area contributed by atoms with Gasteiger partial charge in [-0.25, -0.2) is 0 Å². The fraction of sp³-hybridized carbons (Fsp3) is 0.938. The standard InChI is InChI=1S/C16H28O2/c1-2-8-16(17)18-15-12-7-6-11-14(15)13-9-4-3-5-10-13/h13-15H,2-12H2,1H3/t14-,15-/m0/s1. The van der Waals surface area contributed by atoms with Crippen molar-refractivity contribution in [3.8, 4) is 0 Å². The Morgan fingerprint density at radius 2 is 1.67 bits per heavy atom. The Bertz CT molecular complexity index is 256. The zero-order chi connectivity index (χ0) is 12.8. The van der Waals surface area contributed by atoms with Crippen molar-refractivity contribution in [2.24, 2.45) is 11.8 Å². The Balaban J connectivity index is 1.90. The number of carbonyl (C=O) groups is 1. The molecule has 0 saturated heterocycles. The Morgan fingerprint density at radius 3 is 2.39 bits per heavy atom. The van der Waals surface area contributed by atoms with E-state index >= 15 is 0 Å². The zero-order valence-corrected chi connectivity index (χ0v) is 11.8. The topological polar surface area (TPSA) is 26.3 Å². The number of carbonyl (C=O) groups excluding carboxylic acids is 1. The van der Waals surface area contributed by atoms with Gasteiger partial charge in [0.2, 0.25) is 0 Å². The number of ether oxygens (including phenoxy) is 1. The molecule has 2 heteroatoms. The van der Waals surface area contributed by atoms with Crippen molar-refractivity contribution in [3.63, 3.8) is 0 Å². The molecule has 2 fully saturated rings. The van der Waals surface area contributed by atoms with E-state index in [1.165, 1.54) is 51.4 Å². The number of hydrogen-bond acceptors (Lipinski definition) is 2. The maximum atomic E-state index is 11.7. The van der Waals surface area contributed by atoms with Gasteiger partial charge in [0.15, 0.2) is 0 Å². The predicted octanol–water partition coefficient (Wildman–Crippen LogP) is 4.47. The van der Waals surface area contributed by atoms with Gasteiger partial charge >= 0.3 is 5.97 Å². The average Bonchev–Trinajstić information content (AvgIpc) is 2.40. The van der Waals surface area contributed by atoms with Crippen LogP contribution in [0.1, 0.15) is 77.6 Å². The second-order valence-corrected chi connectivity index (χ2v) is 6.12. The van der Waals surface area contributed by atoms with Crippen LogP contribution in [-0.2, 0) is 9.53 Å². The highest BCUT2D eigenvalue weighted by molar-refractivity contribution is 5.69. The summed E-state index contributed by atoms with van der Waals surface area (Å²) in [6.45, 7) is 2.04. The van der Waals surface area contributed by atoms with Gasteiger partial charge in [-0.1, -0.05) is 45.4 Å². The quantitative estimate of drug-likeness (QED) is 0.690. The van der Waals surface area contributed by atoms with Crippen LogP contribution >= 0.6 is 0 Å². The van der Waals surface area contributed by atoms with Gasteiger partial charge in [0.05, 0.1) is 0 Å². The fourth-order valence-electron chi connectivity index (χ4n) is 3.81. The van der Waals surface area contributed by atoms with Crippen LogP contribution in [0.25, 0.3) is 0 Å². The lowest BCUT2D eigenvalue weighted by atomic mass is 9.72. The van der Waals surface area contributed by atoms with Crippen LogP contribution in [0.3, 0.4) is 0 Å². The van der Waals surface area contributed by atoms with Gasteiger partial charge in [0, 0.05) is 6.42 Å². The van der Waals surface area contributed by atoms with Crippen molar-refractivity contribution in [2.75, 3.05) is 0 Å². The van der Waals surface area contributed by atoms with Gasteiger partial charge in [0.25, 0.3) is 0 Å². The summed E-state index contributed by atoms with van der Waals surface area (Å²) in [6, 6.07) is 0. The van der Waals surface area contributed by atoms with Gasteiger partial charge in [-0.2, -0.15) is 0 Å². The number of esters is 1. The van der Waals surface area contributed by atoms with E-state index in [9.17, 15) is 4.79 Å². The summed E-state index contributed by atoms with van der Waals surface area (Å²) in [5, 5.41) is 0. The van der Waals surface area contributed by atoms with Crippen molar-refractivity contribution < 1.29 is 9.53 Å². The third kappa shape index (κ3) is 3.73. The lowest BCUT2D eigenvalue weighted by Crippen LogP contribution is -2.35. The van der Waals surface area contributed by atoms with Gasteiger partial charge in [-0.05, 0) is 37.5 Å². The number of hydrogen-bond donors (Lipinski definition) is 0. The highest BCUT2D eigenvalue weighted by Gasteiger charge is 2.34. The van der Waals surface area contributed by atoms with E-state index in [0.29, 0.717) is 12.3 Å². The largest absolute Gasteiger partial charge is 0.462 e. The smallest absolute Gasteiger partial charge is 0.306 e. The molecule has 2 aliphatic carbocycles. The van der Waals surface area contributed by atoms with Gasteiger partial charge in [0.1, 0.15) is 6.10 Å². The first-order chi connectivity index (χ1) is 8.81. The molecule has 18 heavy (non-hydrogen) atoms. The van der Waals surface area contributed by atoms with Crippen LogP contribution < -0.4 is 0 Å². The summed E-state index contributed by atoms with van der Waals surface area (Å²) < 4.78 is 5.76. The molecule has 0 aromatic rings. The van der Waals surface area contributed by atoms with Crippen molar-refractivity contribution >= 4 is 5.97 Å². The van der Waals surface area contributed by atoms with E-state index in [4.69, 9.17) is 4.74 Å². The summed E-state index contributed by atoms with van der Waals surface area (Å²) in [4.78, 5) is 11.7. The van der Waals surface area contributed by atoms with E-state index < -0.39 is 0 Å². The normalized spacial score (nSPS) is 30.1. The van der Waals surface area contributed by atoms with Crippen molar-refractivity contribution in [3.05, 3.63) is 0 Å². The molecule has 104 valence electrons. The van der Waals surface area contributed by atoms with Crippen LogP contribution in [0.2, 0.25) is 0 Å². The fourth-order valence-corrected chi connectivity index (χ4v) is 3.81. The summed E-state index contributed by atoms with van der Waals surface area (Å²) in [5.74, 6) is 1.53. The highest BCUT2D eigenvalue weighted by Crippen LogP contribution is 2.39. The maximum Gasteiger partial charge on any atom is 0.306 e.